The fraction of sp³-hybridized carbons (Fsp3) is 0.211. The zero-order valence-electron chi connectivity index (χ0n) is 14.5. The molecule has 0 radical (unpaired) electrons. The van der Waals surface area contributed by atoms with Gasteiger partial charge in [-0.25, -0.2) is 0 Å². The van der Waals surface area contributed by atoms with E-state index in [1.807, 2.05) is 30.3 Å². The largest absolute Gasteiger partial charge is 0.495 e. The summed E-state index contributed by atoms with van der Waals surface area (Å²) in [5.41, 5.74) is 2.65. The van der Waals surface area contributed by atoms with Crippen LogP contribution in [0.3, 0.4) is 0 Å². The van der Waals surface area contributed by atoms with Gasteiger partial charge in [0.2, 0.25) is 12.0 Å². The van der Waals surface area contributed by atoms with E-state index in [0.717, 1.165) is 11.3 Å². The van der Waals surface area contributed by atoms with Crippen LogP contribution >= 0.6 is 0 Å². The van der Waals surface area contributed by atoms with E-state index in [1.165, 1.54) is 14.0 Å². The lowest BCUT2D eigenvalue weighted by atomic mass is 10.0. The highest BCUT2D eigenvalue weighted by Crippen LogP contribution is 2.29. The number of rotatable bonds is 5. The summed E-state index contributed by atoms with van der Waals surface area (Å²) in [6.45, 7) is 1.41. The Kier molecular flexibility index (Phi) is 5.17. The summed E-state index contributed by atoms with van der Waals surface area (Å²) >= 11 is 0. The Labute approximate surface area is 151 Å². The maximum absolute atomic E-state index is 12.5. The first-order chi connectivity index (χ1) is 12.6. The summed E-state index contributed by atoms with van der Waals surface area (Å²) < 4.78 is 5.26. The highest BCUT2D eigenvalue weighted by molar-refractivity contribution is 6.06. The predicted molar refractivity (Wildman–Crippen MR) is 98.4 cm³/mol. The zero-order chi connectivity index (χ0) is 18.5. The van der Waals surface area contributed by atoms with Gasteiger partial charge in [-0.3, -0.25) is 9.59 Å². The summed E-state index contributed by atoms with van der Waals surface area (Å²) in [5.74, 6) is -0.0555. The van der Waals surface area contributed by atoms with Crippen molar-refractivity contribution in [1.82, 2.24) is 0 Å². The lowest BCUT2D eigenvalue weighted by molar-refractivity contribution is -0.125. The maximum Gasteiger partial charge on any atom is 0.268 e. The lowest BCUT2D eigenvalue weighted by Crippen LogP contribution is -2.28. The molecule has 1 heterocycles. The SMILES string of the molecule is COc1ccc(NC(C)=O)cc1NC(=O)C1CC(c2ccccc2)=NO1. The molecule has 0 fully saturated rings. The Morgan fingerprint density at radius 2 is 1.92 bits per heavy atom. The fourth-order valence-electron chi connectivity index (χ4n) is 2.62. The Hall–Kier alpha value is -3.35. The summed E-state index contributed by atoms with van der Waals surface area (Å²) in [4.78, 5) is 29.0. The van der Waals surface area contributed by atoms with Crippen LogP contribution in [0.25, 0.3) is 0 Å². The summed E-state index contributed by atoms with van der Waals surface area (Å²) in [6.07, 6.45) is -0.344. The molecule has 1 atom stereocenters. The van der Waals surface area contributed by atoms with Crippen LogP contribution in [0.2, 0.25) is 0 Å². The van der Waals surface area contributed by atoms with Crippen molar-refractivity contribution in [2.75, 3.05) is 17.7 Å². The van der Waals surface area contributed by atoms with Crippen molar-refractivity contribution in [3.63, 3.8) is 0 Å². The Morgan fingerprint density at radius 3 is 2.62 bits per heavy atom. The van der Waals surface area contributed by atoms with Crippen molar-refractivity contribution < 1.29 is 19.2 Å². The van der Waals surface area contributed by atoms with Crippen molar-refractivity contribution in [3.8, 4) is 5.75 Å². The molecule has 0 spiro atoms. The van der Waals surface area contributed by atoms with E-state index in [2.05, 4.69) is 15.8 Å². The monoisotopic (exact) mass is 353 g/mol. The normalized spacial score (nSPS) is 15.6. The Bertz CT molecular complexity index is 849. The molecule has 2 aromatic carbocycles. The molecule has 2 aromatic rings. The topological polar surface area (TPSA) is 89.0 Å². The van der Waals surface area contributed by atoms with E-state index in [1.54, 1.807) is 18.2 Å². The first-order valence-electron chi connectivity index (χ1n) is 8.11. The van der Waals surface area contributed by atoms with E-state index in [9.17, 15) is 9.59 Å². The summed E-state index contributed by atoms with van der Waals surface area (Å²) in [5, 5.41) is 9.46. The van der Waals surface area contributed by atoms with E-state index in [4.69, 9.17) is 9.57 Å². The summed E-state index contributed by atoms with van der Waals surface area (Å²) in [7, 11) is 1.51. The number of amides is 2. The number of hydrogen-bond donors (Lipinski definition) is 2. The van der Waals surface area contributed by atoms with Crippen LogP contribution in [-0.2, 0) is 14.4 Å². The van der Waals surface area contributed by atoms with Crippen molar-refractivity contribution in [2.45, 2.75) is 19.4 Å². The number of nitrogens with zero attached hydrogens (tertiary/aromatic N) is 1. The molecule has 26 heavy (non-hydrogen) atoms. The van der Waals surface area contributed by atoms with Crippen LogP contribution in [0.15, 0.2) is 53.7 Å². The number of carbonyl (C=O) groups is 2. The van der Waals surface area contributed by atoms with E-state index in [0.29, 0.717) is 23.5 Å². The lowest BCUT2D eigenvalue weighted by Gasteiger charge is -2.14. The molecule has 0 bridgehead atoms. The third kappa shape index (κ3) is 4.00. The molecule has 3 rings (SSSR count). The third-order valence-electron chi connectivity index (χ3n) is 3.85. The molecule has 7 heteroatoms. The molecule has 0 saturated heterocycles. The van der Waals surface area contributed by atoms with Crippen molar-refractivity contribution in [3.05, 3.63) is 54.1 Å². The molecular weight excluding hydrogens is 334 g/mol. The van der Waals surface area contributed by atoms with Gasteiger partial charge in [-0.05, 0) is 23.8 Å². The number of methoxy groups -OCH3 is 1. The first kappa shape index (κ1) is 17.5. The van der Waals surface area contributed by atoms with Crippen LogP contribution in [0.4, 0.5) is 11.4 Å². The third-order valence-corrected chi connectivity index (χ3v) is 3.85. The average Bonchev–Trinajstić information content (AvgIpc) is 3.12. The molecule has 1 aliphatic rings. The Balaban J connectivity index is 1.69. The van der Waals surface area contributed by atoms with Crippen LogP contribution in [0.1, 0.15) is 18.9 Å². The van der Waals surface area contributed by atoms with Gasteiger partial charge in [-0.15, -0.1) is 0 Å². The van der Waals surface area contributed by atoms with E-state index >= 15 is 0 Å². The maximum atomic E-state index is 12.5. The van der Waals surface area contributed by atoms with Crippen LogP contribution < -0.4 is 15.4 Å². The van der Waals surface area contributed by atoms with Crippen LogP contribution in [-0.4, -0.2) is 30.7 Å². The molecule has 1 aliphatic heterocycles. The molecule has 0 aliphatic carbocycles. The van der Waals surface area contributed by atoms with Crippen molar-refractivity contribution in [2.24, 2.45) is 5.16 Å². The number of carbonyl (C=O) groups excluding carboxylic acids is 2. The van der Waals surface area contributed by atoms with E-state index in [-0.39, 0.29) is 11.8 Å². The van der Waals surface area contributed by atoms with Gasteiger partial charge in [0.05, 0.1) is 18.5 Å². The predicted octanol–water partition coefficient (Wildman–Crippen LogP) is 2.79. The second-order valence-electron chi connectivity index (χ2n) is 5.79. The van der Waals surface area contributed by atoms with Gasteiger partial charge in [0, 0.05) is 19.0 Å². The number of anilines is 2. The Morgan fingerprint density at radius 1 is 1.15 bits per heavy atom. The quantitative estimate of drug-likeness (QED) is 0.865. The molecular formula is C19H19N3O4. The number of benzene rings is 2. The van der Waals surface area contributed by atoms with Gasteiger partial charge in [0.25, 0.3) is 5.91 Å². The fourth-order valence-corrected chi connectivity index (χ4v) is 2.62. The van der Waals surface area contributed by atoms with Crippen LogP contribution in [0.5, 0.6) is 5.75 Å². The van der Waals surface area contributed by atoms with E-state index < -0.39 is 6.10 Å². The number of hydrogen-bond acceptors (Lipinski definition) is 5. The molecule has 2 N–H and O–H groups in total. The first-order valence-corrected chi connectivity index (χ1v) is 8.11. The van der Waals surface area contributed by atoms with Gasteiger partial charge in [0.1, 0.15) is 5.75 Å². The molecule has 7 nitrogen and oxygen atoms in total. The van der Waals surface area contributed by atoms with Crippen molar-refractivity contribution >= 4 is 28.9 Å². The smallest absolute Gasteiger partial charge is 0.268 e. The van der Waals surface area contributed by atoms with Gasteiger partial charge in [-0.1, -0.05) is 35.5 Å². The average molecular weight is 353 g/mol. The highest BCUT2D eigenvalue weighted by atomic mass is 16.6. The van der Waals surface area contributed by atoms with Gasteiger partial charge < -0.3 is 20.2 Å². The minimum absolute atomic E-state index is 0.201. The highest BCUT2D eigenvalue weighted by Gasteiger charge is 2.29. The number of oxime groups is 1. The zero-order valence-corrected chi connectivity index (χ0v) is 14.5. The second kappa shape index (κ2) is 7.69. The molecule has 2 amide bonds. The minimum atomic E-state index is -0.723. The van der Waals surface area contributed by atoms with Gasteiger partial charge >= 0.3 is 0 Å². The standard InChI is InChI=1S/C19H19N3O4/c1-12(23)20-14-8-9-17(25-2)16(10-14)21-19(24)18-11-15(22-26-18)13-6-4-3-5-7-13/h3-10,18H,11H2,1-2H3,(H,20,23)(H,21,24). The molecule has 1 unspecified atom stereocenters. The molecule has 0 aromatic heterocycles. The summed E-state index contributed by atoms with van der Waals surface area (Å²) in [6, 6.07) is 14.6. The number of nitrogens with one attached hydrogen (secondary N) is 2. The minimum Gasteiger partial charge on any atom is -0.495 e. The van der Waals surface area contributed by atoms with Gasteiger partial charge in [-0.2, -0.15) is 0 Å². The molecule has 0 saturated carbocycles. The van der Waals surface area contributed by atoms with Crippen molar-refractivity contribution in [1.29, 1.82) is 0 Å². The molecule has 134 valence electrons. The second-order valence-corrected chi connectivity index (χ2v) is 5.79. The van der Waals surface area contributed by atoms with Gasteiger partial charge in [0.15, 0.2) is 0 Å². The van der Waals surface area contributed by atoms with Crippen LogP contribution in [0, 0.1) is 0 Å². The number of ether oxygens (including phenoxy) is 1.